The zero-order chi connectivity index (χ0) is 20.1. The number of hydrogen-bond donors (Lipinski definition) is 0. The van der Waals surface area contributed by atoms with Crippen molar-refractivity contribution in [2.75, 3.05) is 19.6 Å². The summed E-state index contributed by atoms with van der Waals surface area (Å²) in [4.78, 5) is 14.6. The van der Waals surface area contributed by atoms with Crippen LogP contribution in [0.1, 0.15) is 29.6 Å². The molecule has 0 aromatic heterocycles. The van der Waals surface area contributed by atoms with E-state index in [4.69, 9.17) is 0 Å². The van der Waals surface area contributed by atoms with Gasteiger partial charge in [0.2, 0.25) is 9.84 Å². The van der Waals surface area contributed by atoms with Gasteiger partial charge in [-0.05, 0) is 67.9 Å². The second-order valence-electron chi connectivity index (χ2n) is 6.71. The van der Waals surface area contributed by atoms with E-state index in [0.717, 1.165) is 12.1 Å². The SMILES string of the molecule is O=C(CCCN1CC=C(S(=O)(=O)c2ccc(F)cc2)CC1)c1ccc(F)cc1. The smallest absolute Gasteiger partial charge is 0.202 e. The zero-order valence-corrected chi connectivity index (χ0v) is 16.1. The summed E-state index contributed by atoms with van der Waals surface area (Å²) in [7, 11) is -3.59. The molecule has 0 unspecified atom stereocenters. The van der Waals surface area contributed by atoms with E-state index in [1.165, 1.54) is 36.4 Å². The highest BCUT2D eigenvalue weighted by molar-refractivity contribution is 7.95. The molecule has 1 aliphatic rings. The van der Waals surface area contributed by atoms with Crippen molar-refractivity contribution in [3.63, 3.8) is 0 Å². The minimum atomic E-state index is -3.59. The molecule has 0 spiro atoms. The second-order valence-corrected chi connectivity index (χ2v) is 8.71. The van der Waals surface area contributed by atoms with Gasteiger partial charge in [-0.25, -0.2) is 17.2 Å². The van der Waals surface area contributed by atoms with Gasteiger partial charge in [-0.15, -0.1) is 0 Å². The van der Waals surface area contributed by atoms with Gasteiger partial charge in [-0.2, -0.15) is 0 Å². The highest BCUT2D eigenvalue weighted by Gasteiger charge is 2.24. The predicted molar refractivity (Wildman–Crippen MR) is 103 cm³/mol. The number of rotatable bonds is 7. The quantitative estimate of drug-likeness (QED) is 0.516. The van der Waals surface area contributed by atoms with E-state index in [1.807, 2.05) is 0 Å². The van der Waals surface area contributed by atoms with Crippen LogP contribution in [0.15, 0.2) is 64.4 Å². The largest absolute Gasteiger partial charge is 0.299 e. The van der Waals surface area contributed by atoms with Crippen molar-refractivity contribution in [3.8, 4) is 0 Å². The van der Waals surface area contributed by atoms with E-state index in [2.05, 4.69) is 4.90 Å². The topological polar surface area (TPSA) is 54.5 Å². The number of hydrogen-bond acceptors (Lipinski definition) is 4. The Morgan fingerprint density at radius 2 is 1.57 bits per heavy atom. The third-order valence-electron chi connectivity index (χ3n) is 4.77. The second kappa shape index (κ2) is 8.75. The number of benzene rings is 2. The molecule has 2 aromatic carbocycles. The Bertz CT molecular complexity index is 968. The highest BCUT2D eigenvalue weighted by atomic mass is 32.2. The van der Waals surface area contributed by atoms with Crippen LogP contribution in [0.3, 0.4) is 0 Å². The average Bonchev–Trinajstić information content (AvgIpc) is 2.69. The van der Waals surface area contributed by atoms with Gasteiger partial charge in [0.1, 0.15) is 11.6 Å². The minimum Gasteiger partial charge on any atom is -0.299 e. The number of halogens is 2. The van der Waals surface area contributed by atoms with Crippen molar-refractivity contribution in [2.45, 2.75) is 24.2 Å². The molecule has 0 atom stereocenters. The number of ketones is 1. The molecule has 0 radical (unpaired) electrons. The summed E-state index contributed by atoms with van der Waals surface area (Å²) >= 11 is 0. The Kier molecular flexibility index (Phi) is 6.36. The molecule has 148 valence electrons. The first-order valence-corrected chi connectivity index (χ1v) is 10.6. The molecule has 0 N–H and O–H groups in total. The average molecular weight is 405 g/mol. The number of carbonyl (C=O) groups excluding carboxylic acids is 1. The summed E-state index contributed by atoms with van der Waals surface area (Å²) in [6, 6.07) is 10.3. The molecule has 0 fully saturated rings. The molecule has 0 saturated heterocycles. The lowest BCUT2D eigenvalue weighted by atomic mass is 10.1. The van der Waals surface area contributed by atoms with Gasteiger partial charge in [0.15, 0.2) is 5.78 Å². The number of sulfone groups is 1. The summed E-state index contributed by atoms with van der Waals surface area (Å²) in [6.07, 6.45) is 3.06. The van der Waals surface area contributed by atoms with Gasteiger partial charge in [-0.3, -0.25) is 9.69 Å². The van der Waals surface area contributed by atoms with Crippen molar-refractivity contribution in [1.29, 1.82) is 0 Å². The Labute approximate surface area is 163 Å². The molecule has 1 aliphatic heterocycles. The minimum absolute atomic E-state index is 0.0351. The van der Waals surface area contributed by atoms with Crippen LogP contribution in [-0.4, -0.2) is 38.7 Å². The van der Waals surface area contributed by atoms with Crippen LogP contribution >= 0.6 is 0 Å². The Hall–Kier alpha value is -2.38. The monoisotopic (exact) mass is 405 g/mol. The van der Waals surface area contributed by atoms with Gasteiger partial charge in [0.05, 0.1) is 4.90 Å². The van der Waals surface area contributed by atoms with E-state index in [1.54, 1.807) is 6.08 Å². The Balaban J connectivity index is 1.51. The molecule has 0 amide bonds. The van der Waals surface area contributed by atoms with Crippen molar-refractivity contribution in [1.82, 2.24) is 4.90 Å². The predicted octanol–water partition coefficient (Wildman–Crippen LogP) is 3.99. The lowest BCUT2D eigenvalue weighted by Gasteiger charge is -2.26. The van der Waals surface area contributed by atoms with Crippen molar-refractivity contribution in [3.05, 3.63) is 76.7 Å². The van der Waals surface area contributed by atoms with Gasteiger partial charge in [0, 0.05) is 30.0 Å². The fraction of sp³-hybridized carbons (Fsp3) is 0.286. The molecule has 2 aromatic rings. The molecule has 1 heterocycles. The van der Waals surface area contributed by atoms with E-state index in [0.29, 0.717) is 49.4 Å². The normalized spacial score (nSPS) is 15.3. The van der Waals surface area contributed by atoms with E-state index in [-0.39, 0.29) is 16.5 Å². The van der Waals surface area contributed by atoms with E-state index < -0.39 is 15.7 Å². The molecule has 4 nitrogen and oxygen atoms in total. The summed E-state index contributed by atoms with van der Waals surface area (Å²) in [5.74, 6) is -0.881. The summed E-state index contributed by atoms with van der Waals surface area (Å²) in [6.45, 7) is 1.74. The Morgan fingerprint density at radius 1 is 0.964 bits per heavy atom. The van der Waals surface area contributed by atoms with Gasteiger partial charge in [-0.1, -0.05) is 6.08 Å². The number of Topliss-reactive ketones (excluding diaryl/α,β-unsaturated/α-hetero) is 1. The number of carbonyl (C=O) groups is 1. The third-order valence-corrected chi connectivity index (χ3v) is 6.72. The van der Waals surface area contributed by atoms with Crippen molar-refractivity contribution < 1.29 is 22.0 Å². The molecular formula is C21H21F2NO3S. The highest BCUT2D eigenvalue weighted by Crippen LogP contribution is 2.25. The molecule has 0 aliphatic carbocycles. The zero-order valence-electron chi connectivity index (χ0n) is 15.3. The molecular weight excluding hydrogens is 384 g/mol. The summed E-state index contributed by atoms with van der Waals surface area (Å²) in [5, 5.41) is 0. The summed E-state index contributed by atoms with van der Waals surface area (Å²) < 4.78 is 51.1. The van der Waals surface area contributed by atoms with E-state index in [9.17, 15) is 22.0 Å². The first-order valence-electron chi connectivity index (χ1n) is 9.07. The van der Waals surface area contributed by atoms with Crippen LogP contribution in [0.25, 0.3) is 0 Å². The summed E-state index contributed by atoms with van der Waals surface area (Å²) in [5.41, 5.74) is 0.493. The van der Waals surface area contributed by atoms with Crippen LogP contribution < -0.4 is 0 Å². The van der Waals surface area contributed by atoms with E-state index >= 15 is 0 Å². The van der Waals surface area contributed by atoms with Crippen LogP contribution in [0.5, 0.6) is 0 Å². The van der Waals surface area contributed by atoms with Gasteiger partial charge in [0.25, 0.3) is 0 Å². The number of nitrogens with zero attached hydrogens (tertiary/aromatic N) is 1. The van der Waals surface area contributed by atoms with Crippen LogP contribution in [0, 0.1) is 11.6 Å². The lowest BCUT2D eigenvalue weighted by Crippen LogP contribution is -2.31. The first-order chi connectivity index (χ1) is 13.4. The van der Waals surface area contributed by atoms with Crippen LogP contribution in [-0.2, 0) is 9.84 Å². The third kappa shape index (κ3) is 4.91. The van der Waals surface area contributed by atoms with Crippen molar-refractivity contribution in [2.24, 2.45) is 0 Å². The first kappa shape index (κ1) is 20.4. The molecule has 0 bridgehead atoms. The van der Waals surface area contributed by atoms with Crippen LogP contribution in [0.2, 0.25) is 0 Å². The molecule has 0 saturated carbocycles. The standard InChI is InChI=1S/C21H21F2NO3S/c22-17-5-3-16(4-6-17)21(25)2-1-13-24-14-11-20(12-15-24)28(26,27)19-9-7-18(23)8-10-19/h3-11H,1-2,12-15H2. The van der Waals surface area contributed by atoms with Crippen LogP contribution in [0.4, 0.5) is 8.78 Å². The molecule has 3 rings (SSSR count). The van der Waals surface area contributed by atoms with Crippen molar-refractivity contribution >= 4 is 15.6 Å². The maximum Gasteiger partial charge on any atom is 0.202 e. The maximum absolute atomic E-state index is 13.0. The molecule has 7 heteroatoms. The fourth-order valence-corrected chi connectivity index (χ4v) is 4.60. The van der Waals surface area contributed by atoms with Gasteiger partial charge < -0.3 is 0 Å². The fourth-order valence-electron chi connectivity index (χ4n) is 3.15. The lowest BCUT2D eigenvalue weighted by molar-refractivity contribution is 0.0975. The van der Waals surface area contributed by atoms with Gasteiger partial charge >= 0.3 is 0 Å². The molecule has 28 heavy (non-hydrogen) atoms. The Morgan fingerprint density at radius 3 is 2.14 bits per heavy atom. The maximum atomic E-state index is 13.0.